The lowest BCUT2D eigenvalue weighted by atomic mass is 9.97. The van der Waals surface area contributed by atoms with Gasteiger partial charge in [0.2, 0.25) is 5.91 Å². The Balaban J connectivity index is 2.05. The number of likely N-dealkylation sites (tertiary alicyclic amines) is 1. The first-order valence-electron chi connectivity index (χ1n) is 7.71. The van der Waals surface area contributed by atoms with Gasteiger partial charge in [-0.1, -0.05) is 60.7 Å². The number of hydrogen-bond donors (Lipinski definition) is 0. The van der Waals surface area contributed by atoms with E-state index in [4.69, 9.17) is 23.2 Å². The minimum atomic E-state index is -0.941. The van der Waals surface area contributed by atoms with Crippen molar-refractivity contribution in [2.24, 2.45) is 5.92 Å². The van der Waals surface area contributed by atoms with Crippen LogP contribution in [0.25, 0.3) is 0 Å². The molecule has 1 aliphatic rings. The van der Waals surface area contributed by atoms with Gasteiger partial charge in [0.15, 0.2) is 0 Å². The van der Waals surface area contributed by atoms with Crippen LogP contribution in [0.1, 0.15) is 24.1 Å². The summed E-state index contributed by atoms with van der Waals surface area (Å²) in [4.78, 5) is 13.8. The maximum atomic E-state index is 12.9. The van der Waals surface area contributed by atoms with Gasteiger partial charge in [0, 0.05) is 18.3 Å². The number of nitrogens with zero attached hydrogens (tertiary/aromatic N) is 1. The van der Waals surface area contributed by atoms with E-state index < -0.39 is 4.87 Å². The molecule has 0 saturated carbocycles. The van der Waals surface area contributed by atoms with Gasteiger partial charge in [-0.2, -0.15) is 0 Å². The number of hydrogen-bond acceptors (Lipinski definition) is 1. The van der Waals surface area contributed by atoms with Gasteiger partial charge >= 0.3 is 0 Å². The van der Waals surface area contributed by atoms with Crippen molar-refractivity contribution >= 4 is 29.1 Å². The molecule has 3 rings (SSSR count). The first kappa shape index (κ1) is 16.4. The molecule has 2 aromatic carbocycles. The van der Waals surface area contributed by atoms with Gasteiger partial charge in [-0.15, -0.1) is 23.2 Å². The molecule has 4 heteroatoms. The number of amides is 1. The standard InChI is InChI=1S/C19H19Cl2NO/c1-19(21)16(12-20)13-22(18(19)23)17(14-8-4-2-5-9-14)15-10-6-3-7-11-15/h2-11,16-17H,12-13H2,1H3/t16-,19+/m1/s1. The molecule has 0 aliphatic carbocycles. The van der Waals surface area contributed by atoms with Crippen LogP contribution < -0.4 is 0 Å². The Bertz CT molecular complexity index is 633. The second kappa shape index (κ2) is 6.54. The van der Waals surface area contributed by atoms with Crippen molar-refractivity contribution in [1.82, 2.24) is 4.90 Å². The summed E-state index contributed by atoms with van der Waals surface area (Å²) in [5, 5.41) is 0. The van der Waals surface area contributed by atoms with E-state index in [9.17, 15) is 4.79 Å². The molecule has 0 spiro atoms. The van der Waals surface area contributed by atoms with Gasteiger partial charge in [0.25, 0.3) is 0 Å². The Morgan fingerprint density at radius 3 is 1.96 bits per heavy atom. The van der Waals surface area contributed by atoms with Gasteiger partial charge in [-0.05, 0) is 18.1 Å². The Morgan fingerprint density at radius 2 is 1.57 bits per heavy atom. The molecule has 1 heterocycles. The summed E-state index contributed by atoms with van der Waals surface area (Å²) < 4.78 is 0. The van der Waals surface area contributed by atoms with Gasteiger partial charge in [-0.3, -0.25) is 4.79 Å². The van der Waals surface area contributed by atoms with E-state index in [0.717, 1.165) is 11.1 Å². The molecular weight excluding hydrogens is 329 g/mol. The highest BCUT2D eigenvalue weighted by Gasteiger charge is 2.51. The van der Waals surface area contributed by atoms with Crippen LogP contribution in [0.4, 0.5) is 0 Å². The number of alkyl halides is 2. The van der Waals surface area contributed by atoms with Crippen LogP contribution in [0, 0.1) is 5.92 Å². The molecular formula is C19H19Cl2NO. The average Bonchev–Trinajstić information content (AvgIpc) is 2.80. The highest BCUT2D eigenvalue weighted by Crippen LogP contribution is 2.41. The fourth-order valence-corrected chi connectivity index (χ4v) is 3.93. The van der Waals surface area contributed by atoms with Crippen LogP contribution in [-0.4, -0.2) is 28.1 Å². The summed E-state index contributed by atoms with van der Waals surface area (Å²) in [5.41, 5.74) is 2.16. The van der Waals surface area contributed by atoms with Crippen molar-refractivity contribution in [3.63, 3.8) is 0 Å². The van der Waals surface area contributed by atoms with Crippen molar-refractivity contribution < 1.29 is 4.79 Å². The third-order valence-corrected chi connectivity index (χ3v) is 5.43. The smallest absolute Gasteiger partial charge is 0.244 e. The molecule has 2 atom stereocenters. The molecule has 2 aromatic rings. The SMILES string of the molecule is C[C@@]1(Cl)C(=O)N(C(c2ccccc2)c2ccccc2)C[C@H]1CCl. The quantitative estimate of drug-likeness (QED) is 0.747. The zero-order chi connectivity index (χ0) is 16.4. The minimum absolute atomic E-state index is 0.0532. The highest BCUT2D eigenvalue weighted by molar-refractivity contribution is 6.36. The number of benzene rings is 2. The summed E-state index contributed by atoms with van der Waals surface area (Å²) in [6.07, 6.45) is 0. The monoisotopic (exact) mass is 347 g/mol. The second-order valence-electron chi connectivity index (χ2n) is 6.11. The third kappa shape index (κ3) is 2.98. The van der Waals surface area contributed by atoms with E-state index in [0.29, 0.717) is 12.4 Å². The molecule has 0 aromatic heterocycles. The van der Waals surface area contributed by atoms with Crippen molar-refractivity contribution in [2.75, 3.05) is 12.4 Å². The van der Waals surface area contributed by atoms with E-state index in [-0.39, 0.29) is 17.9 Å². The van der Waals surface area contributed by atoms with Gasteiger partial charge < -0.3 is 4.90 Å². The van der Waals surface area contributed by atoms with Crippen molar-refractivity contribution in [2.45, 2.75) is 17.8 Å². The van der Waals surface area contributed by atoms with Crippen LogP contribution >= 0.6 is 23.2 Å². The molecule has 2 nitrogen and oxygen atoms in total. The van der Waals surface area contributed by atoms with E-state index in [1.54, 1.807) is 6.92 Å². The second-order valence-corrected chi connectivity index (χ2v) is 7.20. The summed E-state index contributed by atoms with van der Waals surface area (Å²) in [5.74, 6) is 0.259. The molecule has 0 unspecified atom stereocenters. The van der Waals surface area contributed by atoms with Gasteiger partial charge in [-0.25, -0.2) is 0 Å². The molecule has 23 heavy (non-hydrogen) atoms. The van der Waals surface area contributed by atoms with E-state index in [2.05, 4.69) is 0 Å². The fourth-order valence-electron chi connectivity index (χ4n) is 3.19. The van der Waals surface area contributed by atoms with E-state index in [1.165, 1.54) is 0 Å². The highest BCUT2D eigenvalue weighted by atomic mass is 35.5. The number of rotatable bonds is 4. The van der Waals surface area contributed by atoms with Crippen molar-refractivity contribution in [3.8, 4) is 0 Å². The van der Waals surface area contributed by atoms with Gasteiger partial charge in [0.05, 0.1) is 6.04 Å². The third-order valence-electron chi connectivity index (χ3n) is 4.59. The predicted octanol–water partition coefficient (Wildman–Crippen LogP) is 4.47. The molecule has 1 amide bonds. The Morgan fingerprint density at radius 1 is 1.09 bits per heavy atom. The Hall–Kier alpha value is -1.51. The van der Waals surface area contributed by atoms with Crippen LogP contribution in [0.15, 0.2) is 60.7 Å². The average molecular weight is 348 g/mol. The molecule has 0 bridgehead atoms. The summed E-state index contributed by atoms with van der Waals surface area (Å²) in [6.45, 7) is 2.34. The van der Waals surface area contributed by atoms with Crippen molar-refractivity contribution in [3.05, 3.63) is 71.8 Å². The summed E-state index contributed by atoms with van der Waals surface area (Å²) in [6, 6.07) is 20.0. The largest absolute Gasteiger partial charge is 0.330 e. The topological polar surface area (TPSA) is 20.3 Å². The van der Waals surface area contributed by atoms with Crippen LogP contribution in [0.5, 0.6) is 0 Å². The van der Waals surface area contributed by atoms with Crippen molar-refractivity contribution in [1.29, 1.82) is 0 Å². The summed E-state index contributed by atoms with van der Waals surface area (Å²) in [7, 11) is 0. The van der Waals surface area contributed by atoms with Crippen LogP contribution in [-0.2, 0) is 4.79 Å². The number of carbonyl (C=O) groups excluding carboxylic acids is 1. The molecule has 120 valence electrons. The van der Waals surface area contributed by atoms with Gasteiger partial charge in [0.1, 0.15) is 4.87 Å². The zero-order valence-corrected chi connectivity index (χ0v) is 14.5. The van der Waals surface area contributed by atoms with Crippen LogP contribution in [0.3, 0.4) is 0 Å². The zero-order valence-electron chi connectivity index (χ0n) is 13.0. The fraction of sp³-hybridized carbons (Fsp3) is 0.316. The maximum Gasteiger partial charge on any atom is 0.244 e. The Kier molecular flexibility index (Phi) is 4.65. The molecule has 1 aliphatic heterocycles. The maximum absolute atomic E-state index is 12.9. The normalized spacial score (nSPS) is 24.4. The van der Waals surface area contributed by atoms with E-state index in [1.807, 2.05) is 65.6 Å². The lowest BCUT2D eigenvalue weighted by Crippen LogP contribution is -2.37. The summed E-state index contributed by atoms with van der Waals surface area (Å²) >= 11 is 12.6. The first-order valence-corrected chi connectivity index (χ1v) is 8.62. The molecule has 0 N–H and O–H groups in total. The molecule has 0 radical (unpaired) electrons. The number of halogens is 2. The minimum Gasteiger partial charge on any atom is -0.330 e. The number of carbonyl (C=O) groups is 1. The van der Waals surface area contributed by atoms with E-state index >= 15 is 0 Å². The predicted molar refractivity (Wildman–Crippen MR) is 94.9 cm³/mol. The first-order chi connectivity index (χ1) is 11.1. The lowest BCUT2D eigenvalue weighted by Gasteiger charge is -2.29. The molecule has 1 saturated heterocycles. The van der Waals surface area contributed by atoms with Crippen LogP contribution in [0.2, 0.25) is 0 Å². The Labute approximate surface area is 147 Å². The lowest BCUT2D eigenvalue weighted by molar-refractivity contribution is -0.131. The molecule has 1 fully saturated rings.